The standard InChI is InChI=1S/C14H20N2O3/c1-3-10-5-6-11(9-14(10)16(17)18)15-12-7-13(8-12)19-4-2/h5-6,9,12-13,15H,3-4,7-8H2,1-2H3. The number of anilines is 1. The van der Waals surface area contributed by atoms with Crippen LogP contribution >= 0.6 is 0 Å². The van der Waals surface area contributed by atoms with E-state index in [4.69, 9.17) is 4.74 Å². The van der Waals surface area contributed by atoms with Crippen LogP contribution in [0, 0.1) is 10.1 Å². The van der Waals surface area contributed by atoms with E-state index in [0.717, 1.165) is 30.7 Å². The molecule has 1 aliphatic rings. The molecule has 0 atom stereocenters. The Labute approximate surface area is 113 Å². The minimum absolute atomic E-state index is 0.202. The lowest BCUT2D eigenvalue weighted by molar-refractivity contribution is -0.385. The maximum Gasteiger partial charge on any atom is 0.274 e. The number of aryl methyl sites for hydroxylation is 1. The van der Waals surface area contributed by atoms with Gasteiger partial charge in [0.1, 0.15) is 0 Å². The molecule has 0 radical (unpaired) electrons. The third-order valence-electron chi connectivity index (χ3n) is 3.53. The van der Waals surface area contributed by atoms with Gasteiger partial charge in [0.2, 0.25) is 0 Å². The quantitative estimate of drug-likeness (QED) is 0.633. The van der Waals surface area contributed by atoms with E-state index < -0.39 is 0 Å². The van der Waals surface area contributed by atoms with Crippen LogP contribution in [0.15, 0.2) is 18.2 Å². The first-order valence-corrected chi connectivity index (χ1v) is 6.79. The monoisotopic (exact) mass is 264 g/mol. The van der Waals surface area contributed by atoms with Gasteiger partial charge in [-0.2, -0.15) is 0 Å². The summed E-state index contributed by atoms with van der Waals surface area (Å²) in [6.45, 7) is 4.66. The summed E-state index contributed by atoms with van der Waals surface area (Å²) < 4.78 is 5.50. The molecular formula is C14H20N2O3. The third kappa shape index (κ3) is 3.23. The van der Waals surface area contributed by atoms with Crippen LogP contribution in [0.5, 0.6) is 0 Å². The van der Waals surface area contributed by atoms with E-state index in [-0.39, 0.29) is 10.6 Å². The Balaban J connectivity index is 1.98. The molecule has 5 heteroatoms. The number of ether oxygens (including phenoxy) is 1. The normalized spacial score (nSPS) is 21.8. The highest BCUT2D eigenvalue weighted by Crippen LogP contribution is 2.29. The Hall–Kier alpha value is -1.62. The first kappa shape index (κ1) is 13.8. The average molecular weight is 264 g/mol. The minimum Gasteiger partial charge on any atom is -0.382 e. The first-order chi connectivity index (χ1) is 9.13. The van der Waals surface area contributed by atoms with Crippen LogP contribution in [0.4, 0.5) is 11.4 Å². The van der Waals surface area contributed by atoms with E-state index >= 15 is 0 Å². The van der Waals surface area contributed by atoms with E-state index in [1.807, 2.05) is 26.0 Å². The molecule has 1 aromatic carbocycles. The zero-order valence-electron chi connectivity index (χ0n) is 11.4. The lowest BCUT2D eigenvalue weighted by Crippen LogP contribution is -2.40. The van der Waals surface area contributed by atoms with Gasteiger partial charge < -0.3 is 10.1 Å². The van der Waals surface area contributed by atoms with Gasteiger partial charge in [-0.15, -0.1) is 0 Å². The van der Waals surface area contributed by atoms with E-state index in [0.29, 0.717) is 18.6 Å². The van der Waals surface area contributed by atoms with Crippen molar-refractivity contribution < 1.29 is 9.66 Å². The van der Waals surface area contributed by atoms with Gasteiger partial charge >= 0.3 is 0 Å². The topological polar surface area (TPSA) is 64.4 Å². The SMILES string of the molecule is CCOC1CC(Nc2ccc(CC)c([N+](=O)[O-])c2)C1. The zero-order valence-corrected chi connectivity index (χ0v) is 11.4. The Kier molecular flexibility index (Phi) is 4.37. The first-order valence-electron chi connectivity index (χ1n) is 6.79. The molecule has 1 fully saturated rings. The van der Waals surface area contributed by atoms with Gasteiger partial charge in [0.05, 0.1) is 11.0 Å². The largest absolute Gasteiger partial charge is 0.382 e. The summed E-state index contributed by atoms with van der Waals surface area (Å²) in [5.74, 6) is 0. The highest BCUT2D eigenvalue weighted by Gasteiger charge is 2.29. The van der Waals surface area contributed by atoms with E-state index in [2.05, 4.69) is 5.32 Å². The molecule has 1 aliphatic carbocycles. The van der Waals surface area contributed by atoms with Crippen LogP contribution in [0.25, 0.3) is 0 Å². The van der Waals surface area contributed by atoms with Crippen molar-refractivity contribution in [2.24, 2.45) is 0 Å². The number of hydrogen-bond donors (Lipinski definition) is 1. The van der Waals surface area contributed by atoms with Gasteiger partial charge in [0, 0.05) is 30.0 Å². The highest BCUT2D eigenvalue weighted by atomic mass is 16.6. The van der Waals surface area contributed by atoms with Crippen molar-refractivity contribution in [2.75, 3.05) is 11.9 Å². The summed E-state index contributed by atoms with van der Waals surface area (Å²) in [6, 6.07) is 5.75. The smallest absolute Gasteiger partial charge is 0.274 e. The fourth-order valence-corrected chi connectivity index (χ4v) is 2.41. The summed E-state index contributed by atoms with van der Waals surface area (Å²) in [4.78, 5) is 10.7. The molecule has 0 bridgehead atoms. The second-order valence-corrected chi connectivity index (χ2v) is 4.84. The molecule has 0 heterocycles. The molecule has 1 N–H and O–H groups in total. The minimum atomic E-state index is -0.312. The van der Waals surface area contributed by atoms with Gasteiger partial charge in [0.25, 0.3) is 5.69 Å². The summed E-state index contributed by atoms with van der Waals surface area (Å²) in [5, 5.41) is 14.3. The van der Waals surface area contributed by atoms with Crippen LogP contribution in [0.2, 0.25) is 0 Å². The van der Waals surface area contributed by atoms with Gasteiger partial charge in [-0.1, -0.05) is 13.0 Å². The van der Waals surface area contributed by atoms with Crippen LogP contribution in [0.1, 0.15) is 32.3 Å². The second-order valence-electron chi connectivity index (χ2n) is 4.84. The van der Waals surface area contributed by atoms with Gasteiger partial charge in [-0.25, -0.2) is 0 Å². The molecular weight excluding hydrogens is 244 g/mol. The molecule has 1 saturated carbocycles. The fraction of sp³-hybridized carbons (Fsp3) is 0.571. The van der Waals surface area contributed by atoms with Crippen molar-refractivity contribution >= 4 is 11.4 Å². The Morgan fingerprint density at radius 1 is 1.42 bits per heavy atom. The van der Waals surface area contributed by atoms with Crippen LogP contribution in [-0.4, -0.2) is 23.7 Å². The number of nitrogens with one attached hydrogen (secondary N) is 1. The molecule has 2 rings (SSSR count). The molecule has 0 amide bonds. The lowest BCUT2D eigenvalue weighted by atomic mass is 9.89. The Bertz CT molecular complexity index is 456. The lowest BCUT2D eigenvalue weighted by Gasteiger charge is -2.36. The molecule has 1 aromatic rings. The number of benzene rings is 1. The number of nitrogens with zero attached hydrogens (tertiary/aromatic N) is 1. The van der Waals surface area contributed by atoms with E-state index in [9.17, 15) is 10.1 Å². The molecule has 5 nitrogen and oxygen atoms in total. The predicted octanol–water partition coefficient (Wildman–Crippen LogP) is 3.14. The van der Waals surface area contributed by atoms with Crippen molar-refractivity contribution in [1.29, 1.82) is 0 Å². The van der Waals surface area contributed by atoms with Crippen molar-refractivity contribution in [3.05, 3.63) is 33.9 Å². The van der Waals surface area contributed by atoms with Gasteiger partial charge in [-0.3, -0.25) is 10.1 Å². The zero-order chi connectivity index (χ0) is 13.8. The van der Waals surface area contributed by atoms with E-state index in [1.54, 1.807) is 6.07 Å². The fourth-order valence-electron chi connectivity index (χ4n) is 2.41. The van der Waals surface area contributed by atoms with Crippen LogP contribution in [0.3, 0.4) is 0 Å². The summed E-state index contributed by atoms with van der Waals surface area (Å²) in [5.41, 5.74) is 1.80. The van der Waals surface area contributed by atoms with Crippen molar-refractivity contribution in [3.8, 4) is 0 Å². The maximum atomic E-state index is 11.0. The van der Waals surface area contributed by atoms with Gasteiger partial charge in [0.15, 0.2) is 0 Å². The van der Waals surface area contributed by atoms with Crippen molar-refractivity contribution in [3.63, 3.8) is 0 Å². The number of hydrogen-bond acceptors (Lipinski definition) is 4. The van der Waals surface area contributed by atoms with Crippen LogP contribution < -0.4 is 5.32 Å². The number of nitro groups is 1. The molecule has 19 heavy (non-hydrogen) atoms. The van der Waals surface area contributed by atoms with Crippen molar-refractivity contribution in [1.82, 2.24) is 0 Å². The number of rotatable bonds is 6. The molecule has 104 valence electrons. The predicted molar refractivity (Wildman–Crippen MR) is 74.5 cm³/mol. The van der Waals surface area contributed by atoms with Gasteiger partial charge in [-0.05, 0) is 32.3 Å². The molecule has 0 unspecified atom stereocenters. The van der Waals surface area contributed by atoms with E-state index in [1.165, 1.54) is 0 Å². The summed E-state index contributed by atoms with van der Waals surface area (Å²) in [6.07, 6.45) is 2.95. The van der Waals surface area contributed by atoms with Crippen LogP contribution in [-0.2, 0) is 11.2 Å². The molecule has 0 aliphatic heterocycles. The summed E-state index contributed by atoms with van der Waals surface area (Å²) in [7, 11) is 0. The second kappa shape index (κ2) is 6.02. The average Bonchev–Trinajstić information content (AvgIpc) is 2.36. The highest BCUT2D eigenvalue weighted by molar-refractivity contribution is 5.56. The molecule has 0 saturated heterocycles. The number of nitro benzene ring substituents is 1. The third-order valence-corrected chi connectivity index (χ3v) is 3.53. The Morgan fingerprint density at radius 2 is 2.16 bits per heavy atom. The molecule has 0 aromatic heterocycles. The molecule has 0 spiro atoms. The van der Waals surface area contributed by atoms with Crippen molar-refractivity contribution in [2.45, 2.75) is 45.3 Å². The summed E-state index contributed by atoms with van der Waals surface area (Å²) >= 11 is 0. The maximum absolute atomic E-state index is 11.0. The Morgan fingerprint density at radius 3 is 2.74 bits per heavy atom.